The fraction of sp³-hybridized carbons (Fsp3) is 0.0526. The van der Waals surface area contributed by atoms with E-state index in [4.69, 9.17) is 21.1 Å². The van der Waals surface area contributed by atoms with Crippen molar-refractivity contribution in [1.29, 1.82) is 0 Å². The summed E-state index contributed by atoms with van der Waals surface area (Å²) in [6.07, 6.45) is 1.66. The second-order valence-corrected chi connectivity index (χ2v) is 6.53. The molecule has 5 nitrogen and oxygen atoms in total. The van der Waals surface area contributed by atoms with Gasteiger partial charge in [-0.25, -0.2) is 4.98 Å². The minimum absolute atomic E-state index is 0.132. The average Bonchev–Trinajstić information content (AvgIpc) is 2.64. The number of hydrogen-bond donors (Lipinski definition) is 1. The standard InChI is InChI=1S/C19H14BrClN2O3/c20-13-4-9-17(16(21)11-13)23-18(24)12-25-14-5-7-15(8-6-14)26-19-3-1-2-10-22-19/h1-11H,12H2,(H,23,24). The third-order valence-electron chi connectivity index (χ3n) is 3.26. The molecule has 0 atom stereocenters. The Kier molecular flexibility index (Phi) is 6.09. The normalized spacial score (nSPS) is 10.2. The number of carbonyl (C=O) groups excluding carboxylic acids is 1. The van der Waals surface area contributed by atoms with E-state index in [-0.39, 0.29) is 12.5 Å². The Bertz CT molecular complexity index is 889. The summed E-state index contributed by atoms with van der Waals surface area (Å²) in [7, 11) is 0. The molecule has 0 spiro atoms. The highest BCUT2D eigenvalue weighted by atomic mass is 79.9. The summed E-state index contributed by atoms with van der Waals surface area (Å²) >= 11 is 9.38. The molecular formula is C19H14BrClN2O3. The topological polar surface area (TPSA) is 60.5 Å². The Labute approximate surface area is 164 Å². The number of ether oxygens (including phenoxy) is 2. The van der Waals surface area contributed by atoms with Crippen molar-refractivity contribution in [2.45, 2.75) is 0 Å². The molecule has 132 valence electrons. The highest BCUT2D eigenvalue weighted by Gasteiger charge is 2.07. The summed E-state index contributed by atoms with van der Waals surface area (Å²) in [6, 6.07) is 17.6. The maximum absolute atomic E-state index is 12.0. The van der Waals surface area contributed by atoms with Gasteiger partial charge in [0.25, 0.3) is 5.91 Å². The molecule has 0 bridgehead atoms. The van der Waals surface area contributed by atoms with Crippen LogP contribution in [-0.2, 0) is 4.79 Å². The zero-order valence-electron chi connectivity index (χ0n) is 13.5. The van der Waals surface area contributed by atoms with Crippen LogP contribution in [0.15, 0.2) is 71.3 Å². The predicted octanol–water partition coefficient (Wildman–Crippen LogP) is 5.31. The molecule has 3 rings (SSSR count). The van der Waals surface area contributed by atoms with Crippen molar-refractivity contribution in [3.8, 4) is 17.4 Å². The minimum atomic E-state index is -0.303. The second kappa shape index (κ2) is 8.69. The summed E-state index contributed by atoms with van der Waals surface area (Å²) in [6.45, 7) is -0.132. The number of rotatable bonds is 6. The van der Waals surface area contributed by atoms with Gasteiger partial charge >= 0.3 is 0 Å². The average molecular weight is 434 g/mol. The number of amides is 1. The van der Waals surface area contributed by atoms with Gasteiger partial charge in [-0.1, -0.05) is 33.6 Å². The lowest BCUT2D eigenvalue weighted by molar-refractivity contribution is -0.118. The Morgan fingerprint density at radius 1 is 1.08 bits per heavy atom. The first kappa shape index (κ1) is 18.2. The van der Waals surface area contributed by atoms with Crippen LogP contribution in [0.3, 0.4) is 0 Å². The van der Waals surface area contributed by atoms with Gasteiger partial charge in [0.2, 0.25) is 5.88 Å². The first-order valence-electron chi connectivity index (χ1n) is 7.67. The van der Waals surface area contributed by atoms with Gasteiger partial charge in [-0.15, -0.1) is 0 Å². The van der Waals surface area contributed by atoms with Gasteiger partial charge in [0.1, 0.15) is 11.5 Å². The molecule has 2 aromatic carbocycles. The molecule has 3 aromatic rings. The lowest BCUT2D eigenvalue weighted by atomic mass is 10.3. The summed E-state index contributed by atoms with van der Waals surface area (Å²) in [5.74, 6) is 1.38. The van der Waals surface area contributed by atoms with E-state index in [1.807, 2.05) is 12.1 Å². The second-order valence-electron chi connectivity index (χ2n) is 5.20. The van der Waals surface area contributed by atoms with Gasteiger partial charge in [0.15, 0.2) is 6.61 Å². The molecule has 0 aliphatic rings. The quantitative estimate of drug-likeness (QED) is 0.572. The van der Waals surface area contributed by atoms with E-state index in [0.717, 1.165) is 4.47 Å². The molecule has 0 unspecified atom stereocenters. The molecule has 1 heterocycles. The van der Waals surface area contributed by atoms with Crippen molar-refractivity contribution in [3.05, 3.63) is 76.4 Å². The largest absolute Gasteiger partial charge is 0.484 e. The Balaban J connectivity index is 1.52. The lowest BCUT2D eigenvalue weighted by Gasteiger charge is -2.10. The van der Waals surface area contributed by atoms with Crippen LogP contribution in [0.4, 0.5) is 5.69 Å². The minimum Gasteiger partial charge on any atom is -0.484 e. The molecule has 0 saturated heterocycles. The van der Waals surface area contributed by atoms with Crippen molar-refractivity contribution in [3.63, 3.8) is 0 Å². The predicted molar refractivity (Wildman–Crippen MR) is 104 cm³/mol. The molecule has 7 heteroatoms. The van der Waals surface area contributed by atoms with Gasteiger partial charge in [0.05, 0.1) is 10.7 Å². The third kappa shape index (κ3) is 5.21. The number of anilines is 1. The van der Waals surface area contributed by atoms with E-state index in [1.165, 1.54) is 0 Å². The summed E-state index contributed by atoms with van der Waals surface area (Å²) in [4.78, 5) is 16.1. The Morgan fingerprint density at radius 3 is 2.54 bits per heavy atom. The maximum Gasteiger partial charge on any atom is 0.262 e. The van der Waals surface area contributed by atoms with Crippen molar-refractivity contribution >= 4 is 39.1 Å². The molecule has 0 saturated carbocycles. The molecule has 1 aromatic heterocycles. The molecular weight excluding hydrogens is 420 g/mol. The molecule has 0 aliphatic carbocycles. The lowest BCUT2D eigenvalue weighted by Crippen LogP contribution is -2.20. The van der Waals surface area contributed by atoms with Gasteiger partial charge < -0.3 is 14.8 Å². The van der Waals surface area contributed by atoms with Crippen molar-refractivity contribution in [2.24, 2.45) is 0 Å². The highest BCUT2D eigenvalue weighted by molar-refractivity contribution is 9.10. The number of hydrogen-bond acceptors (Lipinski definition) is 4. The van der Waals surface area contributed by atoms with Gasteiger partial charge in [-0.05, 0) is 48.5 Å². The van der Waals surface area contributed by atoms with Crippen LogP contribution in [0.5, 0.6) is 17.4 Å². The van der Waals surface area contributed by atoms with Crippen molar-refractivity contribution in [2.75, 3.05) is 11.9 Å². The van der Waals surface area contributed by atoms with E-state index in [2.05, 4.69) is 26.2 Å². The smallest absolute Gasteiger partial charge is 0.262 e. The number of nitrogens with zero attached hydrogens (tertiary/aromatic N) is 1. The van der Waals surface area contributed by atoms with Gasteiger partial charge in [-0.3, -0.25) is 4.79 Å². The van der Waals surface area contributed by atoms with Gasteiger partial charge in [-0.2, -0.15) is 0 Å². The van der Waals surface area contributed by atoms with Crippen LogP contribution in [0.2, 0.25) is 5.02 Å². The first-order valence-corrected chi connectivity index (χ1v) is 8.84. The van der Waals surface area contributed by atoms with Crippen LogP contribution in [0, 0.1) is 0 Å². The molecule has 1 N–H and O–H groups in total. The molecule has 0 aliphatic heterocycles. The van der Waals surface area contributed by atoms with E-state index >= 15 is 0 Å². The number of nitrogens with one attached hydrogen (secondary N) is 1. The van der Waals surface area contributed by atoms with Crippen molar-refractivity contribution < 1.29 is 14.3 Å². The molecule has 0 radical (unpaired) electrons. The maximum atomic E-state index is 12.0. The van der Waals surface area contributed by atoms with Crippen LogP contribution in [0.1, 0.15) is 0 Å². The zero-order chi connectivity index (χ0) is 18.4. The van der Waals surface area contributed by atoms with E-state index in [9.17, 15) is 4.79 Å². The number of pyridine rings is 1. The Morgan fingerprint density at radius 2 is 1.85 bits per heavy atom. The number of carbonyl (C=O) groups is 1. The summed E-state index contributed by atoms with van der Waals surface area (Å²) in [5.41, 5.74) is 0.530. The first-order chi connectivity index (χ1) is 12.6. The van der Waals surface area contributed by atoms with Crippen molar-refractivity contribution in [1.82, 2.24) is 4.98 Å². The number of aromatic nitrogens is 1. The van der Waals surface area contributed by atoms with Gasteiger partial charge in [0, 0.05) is 16.7 Å². The van der Waals surface area contributed by atoms with E-state index in [0.29, 0.717) is 28.1 Å². The number of halogens is 2. The molecule has 26 heavy (non-hydrogen) atoms. The SMILES string of the molecule is O=C(COc1ccc(Oc2ccccn2)cc1)Nc1ccc(Br)cc1Cl. The third-order valence-corrected chi connectivity index (χ3v) is 4.07. The van der Waals surface area contributed by atoms with Crippen LogP contribution in [0.25, 0.3) is 0 Å². The summed E-state index contributed by atoms with van der Waals surface area (Å²) < 4.78 is 11.9. The van der Waals surface area contributed by atoms with Crippen LogP contribution in [-0.4, -0.2) is 17.5 Å². The van der Waals surface area contributed by atoms with E-state index in [1.54, 1.807) is 54.7 Å². The Hall–Kier alpha value is -2.57. The van der Waals surface area contributed by atoms with Crippen LogP contribution < -0.4 is 14.8 Å². The number of benzene rings is 2. The fourth-order valence-electron chi connectivity index (χ4n) is 2.06. The molecule has 1 amide bonds. The zero-order valence-corrected chi connectivity index (χ0v) is 15.8. The molecule has 0 fully saturated rings. The monoisotopic (exact) mass is 432 g/mol. The fourth-order valence-corrected chi connectivity index (χ4v) is 2.78. The van der Waals surface area contributed by atoms with E-state index < -0.39 is 0 Å². The highest BCUT2D eigenvalue weighted by Crippen LogP contribution is 2.26. The summed E-state index contributed by atoms with van der Waals surface area (Å²) in [5, 5.41) is 3.15. The van der Waals surface area contributed by atoms with Crippen LogP contribution >= 0.6 is 27.5 Å².